The van der Waals surface area contributed by atoms with Gasteiger partial charge in [0.1, 0.15) is 0 Å². The lowest BCUT2D eigenvalue weighted by Crippen LogP contribution is -2.21. The Hall–Kier alpha value is -1.56. The molecule has 0 atom stereocenters. The van der Waals surface area contributed by atoms with Crippen molar-refractivity contribution in [3.05, 3.63) is 59.7 Å². The maximum atomic E-state index is 2.43. The Morgan fingerprint density at radius 3 is 2.00 bits per heavy atom. The number of hydrogen-bond acceptors (Lipinski definition) is 0. The molecule has 2 rings (SSSR count). The topological polar surface area (TPSA) is 0 Å². The first-order valence-corrected chi connectivity index (χ1v) is 8.27. The average Bonchev–Trinajstić information content (AvgIpc) is 2.48. The first-order valence-electron chi connectivity index (χ1n) is 8.27. The van der Waals surface area contributed by atoms with Gasteiger partial charge in [-0.2, -0.15) is 0 Å². The zero-order valence-electron chi connectivity index (χ0n) is 13.9. The zero-order chi connectivity index (χ0) is 15.3. The molecule has 0 nitrogen and oxygen atoms in total. The molecule has 0 fully saturated rings. The number of aryl methyl sites for hydroxylation is 1. The van der Waals surface area contributed by atoms with Gasteiger partial charge in [-0.1, -0.05) is 82.1 Å². The molecule has 0 bridgehead atoms. The van der Waals surface area contributed by atoms with Gasteiger partial charge in [-0.25, -0.2) is 0 Å². The predicted molar refractivity (Wildman–Crippen MR) is 93.8 cm³/mol. The summed E-state index contributed by atoms with van der Waals surface area (Å²) >= 11 is 0. The highest BCUT2D eigenvalue weighted by molar-refractivity contribution is 5.67. The van der Waals surface area contributed by atoms with E-state index < -0.39 is 0 Å². The molecule has 0 saturated carbocycles. The second-order valence-electron chi connectivity index (χ2n) is 6.46. The van der Waals surface area contributed by atoms with Crippen molar-refractivity contribution in [3.63, 3.8) is 0 Å². The molecule has 0 radical (unpaired) electrons. The van der Waals surface area contributed by atoms with E-state index in [9.17, 15) is 0 Å². The summed E-state index contributed by atoms with van der Waals surface area (Å²) < 4.78 is 0. The van der Waals surface area contributed by atoms with Crippen molar-refractivity contribution >= 4 is 0 Å². The molecule has 2 aromatic rings. The van der Waals surface area contributed by atoms with E-state index in [2.05, 4.69) is 76.2 Å². The second kappa shape index (κ2) is 6.93. The van der Waals surface area contributed by atoms with E-state index in [1.54, 1.807) is 0 Å². The molecule has 0 aliphatic heterocycles. The van der Waals surface area contributed by atoms with E-state index in [-0.39, 0.29) is 0 Å². The third-order valence-corrected chi connectivity index (χ3v) is 4.61. The van der Waals surface area contributed by atoms with Crippen molar-refractivity contribution in [2.45, 2.75) is 58.8 Å². The maximum absolute atomic E-state index is 2.43. The zero-order valence-corrected chi connectivity index (χ0v) is 13.9. The van der Waals surface area contributed by atoms with Gasteiger partial charge in [-0.3, -0.25) is 0 Å². The fraction of sp³-hybridized carbons (Fsp3) is 0.429. The van der Waals surface area contributed by atoms with Crippen molar-refractivity contribution in [2.75, 3.05) is 0 Å². The van der Waals surface area contributed by atoms with E-state index >= 15 is 0 Å². The van der Waals surface area contributed by atoms with Crippen LogP contribution in [0, 0.1) is 6.92 Å². The average molecular weight is 280 g/mol. The van der Waals surface area contributed by atoms with Crippen LogP contribution in [0.5, 0.6) is 0 Å². The summed E-state index contributed by atoms with van der Waals surface area (Å²) in [5.74, 6) is 0. The molecule has 0 unspecified atom stereocenters. The van der Waals surface area contributed by atoms with E-state index in [0.29, 0.717) is 5.41 Å². The number of rotatable bonds is 6. The Morgan fingerprint density at radius 1 is 0.857 bits per heavy atom. The van der Waals surface area contributed by atoms with Crippen LogP contribution < -0.4 is 0 Å². The largest absolute Gasteiger partial charge is 0.0654 e. The predicted octanol–water partition coefficient (Wildman–Crippen LogP) is 6.52. The van der Waals surface area contributed by atoms with E-state index in [1.165, 1.54) is 47.9 Å². The minimum Gasteiger partial charge on any atom is -0.0654 e. The van der Waals surface area contributed by atoms with Crippen LogP contribution in [0.3, 0.4) is 0 Å². The first-order chi connectivity index (χ1) is 10.1. The lowest BCUT2D eigenvalue weighted by atomic mass is 9.74. The Labute approximate surface area is 130 Å². The summed E-state index contributed by atoms with van der Waals surface area (Å²) in [4.78, 5) is 0. The van der Waals surface area contributed by atoms with Gasteiger partial charge in [0.15, 0.2) is 0 Å². The highest BCUT2D eigenvalue weighted by atomic mass is 14.3. The third-order valence-electron chi connectivity index (χ3n) is 4.61. The van der Waals surface area contributed by atoms with Crippen LogP contribution in [-0.4, -0.2) is 0 Å². The van der Waals surface area contributed by atoms with Gasteiger partial charge in [0.2, 0.25) is 0 Å². The van der Waals surface area contributed by atoms with Crippen LogP contribution in [0.15, 0.2) is 48.5 Å². The Balaban J connectivity index is 2.38. The van der Waals surface area contributed by atoms with Gasteiger partial charge in [0, 0.05) is 0 Å². The minimum absolute atomic E-state index is 0.323. The van der Waals surface area contributed by atoms with Crippen molar-refractivity contribution < 1.29 is 0 Å². The molecule has 112 valence electrons. The normalized spacial score (nSPS) is 11.6. The molecule has 0 aliphatic carbocycles. The van der Waals surface area contributed by atoms with Crippen molar-refractivity contribution in [1.29, 1.82) is 0 Å². The van der Waals surface area contributed by atoms with Crippen molar-refractivity contribution in [1.82, 2.24) is 0 Å². The summed E-state index contributed by atoms with van der Waals surface area (Å²) in [6, 6.07) is 17.8. The molecule has 0 heterocycles. The smallest absolute Gasteiger partial charge is 0.00753 e. The Morgan fingerprint density at radius 2 is 1.48 bits per heavy atom. The highest BCUT2D eigenvalue weighted by Gasteiger charge is 2.25. The molecule has 2 aromatic carbocycles. The second-order valence-corrected chi connectivity index (χ2v) is 6.46. The monoisotopic (exact) mass is 280 g/mol. The van der Waals surface area contributed by atoms with Gasteiger partial charge < -0.3 is 0 Å². The van der Waals surface area contributed by atoms with E-state index in [0.717, 1.165) is 0 Å². The lowest BCUT2D eigenvalue weighted by Gasteiger charge is -2.30. The standard InChI is InChI=1S/C21H28/c1-5-14-21(4,15-6-2)19-12-13-20(17(3)16-19)18-10-8-7-9-11-18/h7-13,16H,5-6,14-15H2,1-4H3. The van der Waals surface area contributed by atoms with Crippen molar-refractivity contribution in [2.24, 2.45) is 0 Å². The molecule has 0 aromatic heterocycles. The number of benzene rings is 2. The first kappa shape index (κ1) is 15.8. The fourth-order valence-electron chi connectivity index (χ4n) is 3.50. The minimum atomic E-state index is 0.323. The summed E-state index contributed by atoms with van der Waals surface area (Å²) in [5, 5.41) is 0. The van der Waals surface area contributed by atoms with Crippen LogP contribution in [-0.2, 0) is 5.41 Å². The summed E-state index contributed by atoms with van der Waals surface area (Å²) in [7, 11) is 0. The molecule has 21 heavy (non-hydrogen) atoms. The molecule has 0 saturated heterocycles. The summed E-state index contributed by atoms with van der Waals surface area (Å²) in [5.41, 5.74) is 5.88. The highest BCUT2D eigenvalue weighted by Crippen LogP contribution is 2.36. The Kier molecular flexibility index (Phi) is 5.22. The lowest BCUT2D eigenvalue weighted by molar-refractivity contribution is 0.392. The molecule has 0 N–H and O–H groups in total. The number of hydrogen-bond donors (Lipinski definition) is 0. The molecule has 0 aliphatic rings. The third kappa shape index (κ3) is 3.56. The summed E-state index contributed by atoms with van der Waals surface area (Å²) in [6.45, 7) is 9.25. The van der Waals surface area contributed by atoms with E-state index in [4.69, 9.17) is 0 Å². The van der Waals surface area contributed by atoms with Gasteiger partial charge in [0.25, 0.3) is 0 Å². The summed E-state index contributed by atoms with van der Waals surface area (Å²) in [6.07, 6.45) is 5.03. The molecule has 0 heteroatoms. The van der Waals surface area contributed by atoms with Crippen LogP contribution in [0.25, 0.3) is 11.1 Å². The fourth-order valence-corrected chi connectivity index (χ4v) is 3.50. The van der Waals surface area contributed by atoms with Crippen molar-refractivity contribution in [3.8, 4) is 11.1 Å². The molecular formula is C21H28. The molecule has 0 spiro atoms. The van der Waals surface area contributed by atoms with Gasteiger partial charge in [-0.15, -0.1) is 0 Å². The molecular weight excluding hydrogens is 252 g/mol. The SMILES string of the molecule is CCCC(C)(CCC)c1ccc(-c2ccccc2)c(C)c1. The van der Waals surface area contributed by atoms with E-state index in [1.807, 2.05) is 0 Å². The quantitative estimate of drug-likeness (QED) is 0.565. The van der Waals surface area contributed by atoms with Gasteiger partial charge >= 0.3 is 0 Å². The van der Waals surface area contributed by atoms with Crippen LogP contribution >= 0.6 is 0 Å². The van der Waals surface area contributed by atoms with Gasteiger partial charge in [0.05, 0.1) is 0 Å². The van der Waals surface area contributed by atoms with Gasteiger partial charge in [-0.05, 0) is 47.4 Å². The van der Waals surface area contributed by atoms with Crippen LogP contribution in [0.2, 0.25) is 0 Å². The molecule has 0 amide bonds. The van der Waals surface area contributed by atoms with Crippen LogP contribution in [0.1, 0.15) is 57.6 Å². The van der Waals surface area contributed by atoms with Crippen LogP contribution in [0.4, 0.5) is 0 Å². The Bertz CT molecular complexity index is 560. The maximum Gasteiger partial charge on any atom is -0.00753 e.